The zero-order valence-corrected chi connectivity index (χ0v) is 23.9. The van der Waals surface area contributed by atoms with Gasteiger partial charge in [-0.1, -0.05) is 63.1 Å². The fraction of sp³-hybridized carbons (Fsp3) is 0.387. The Labute approximate surface area is 234 Å². The molecule has 2 heterocycles. The third-order valence-corrected chi connectivity index (χ3v) is 7.61. The highest BCUT2D eigenvalue weighted by molar-refractivity contribution is 7.09. The predicted octanol–water partition coefficient (Wildman–Crippen LogP) is 8.17. The fourth-order valence-corrected chi connectivity index (χ4v) is 5.45. The SMILES string of the molecule is CCCC(CCC)c1ccc(N(Cc2ccc(-c3csc(COc4cc(C(=O)O)on4)n3)cc2)C(C)C)cc1. The van der Waals surface area contributed by atoms with Crippen LogP contribution in [0, 0.1) is 0 Å². The summed E-state index contributed by atoms with van der Waals surface area (Å²) in [4.78, 5) is 18.0. The summed E-state index contributed by atoms with van der Waals surface area (Å²) in [5, 5.41) is 15.3. The highest BCUT2D eigenvalue weighted by Gasteiger charge is 2.15. The largest absolute Gasteiger partial charge is 0.475 e. The monoisotopic (exact) mass is 547 g/mol. The third-order valence-electron chi connectivity index (χ3n) is 6.79. The molecule has 0 aliphatic heterocycles. The van der Waals surface area contributed by atoms with Crippen molar-refractivity contribution in [3.63, 3.8) is 0 Å². The standard InChI is InChI=1S/C31H37N3O4S/c1-5-7-23(8-6-2)24-13-15-26(16-14-24)34(21(3)4)18-22-9-11-25(12-10-22)27-20-39-30(32-27)19-37-29-17-28(31(35)36)38-33-29/h9-17,20-21,23H,5-8,18-19H2,1-4H3,(H,35,36). The van der Waals surface area contributed by atoms with Crippen LogP contribution in [0.3, 0.4) is 0 Å². The van der Waals surface area contributed by atoms with Crippen molar-refractivity contribution >= 4 is 23.0 Å². The lowest BCUT2D eigenvalue weighted by Crippen LogP contribution is -2.30. The van der Waals surface area contributed by atoms with E-state index >= 15 is 0 Å². The second kappa shape index (κ2) is 13.4. The van der Waals surface area contributed by atoms with E-state index in [1.54, 1.807) is 0 Å². The zero-order valence-electron chi connectivity index (χ0n) is 23.1. The number of anilines is 1. The molecule has 0 spiro atoms. The van der Waals surface area contributed by atoms with Gasteiger partial charge in [0.1, 0.15) is 11.6 Å². The first-order chi connectivity index (χ1) is 18.9. The number of thiazole rings is 1. The Bertz CT molecular complexity index is 1320. The molecule has 0 unspecified atom stereocenters. The van der Waals surface area contributed by atoms with Gasteiger partial charge >= 0.3 is 5.97 Å². The van der Waals surface area contributed by atoms with Crippen molar-refractivity contribution < 1.29 is 19.2 Å². The highest BCUT2D eigenvalue weighted by atomic mass is 32.1. The molecule has 0 aliphatic carbocycles. The predicted molar refractivity (Wildman–Crippen MR) is 156 cm³/mol. The van der Waals surface area contributed by atoms with Crippen LogP contribution >= 0.6 is 11.3 Å². The third kappa shape index (κ3) is 7.47. The second-order valence-electron chi connectivity index (χ2n) is 10.0. The Morgan fingerprint density at radius 1 is 1.05 bits per heavy atom. The minimum Gasteiger partial charge on any atom is -0.475 e. The molecule has 0 saturated carbocycles. The van der Waals surface area contributed by atoms with E-state index in [1.807, 2.05) is 5.38 Å². The van der Waals surface area contributed by atoms with Crippen molar-refractivity contribution in [2.75, 3.05) is 4.90 Å². The minimum atomic E-state index is -1.19. The minimum absolute atomic E-state index is 0.125. The molecule has 1 N–H and O–H groups in total. The van der Waals surface area contributed by atoms with Crippen LogP contribution < -0.4 is 9.64 Å². The lowest BCUT2D eigenvalue weighted by atomic mass is 9.90. The summed E-state index contributed by atoms with van der Waals surface area (Å²) in [7, 11) is 0. The van der Waals surface area contributed by atoms with Crippen LogP contribution in [0.25, 0.3) is 11.3 Å². The summed E-state index contributed by atoms with van der Waals surface area (Å²) in [6, 6.07) is 19.4. The molecule has 4 rings (SSSR count). The van der Waals surface area contributed by atoms with E-state index < -0.39 is 5.97 Å². The molecule has 0 bridgehead atoms. The van der Waals surface area contributed by atoms with E-state index in [1.165, 1.54) is 59.9 Å². The summed E-state index contributed by atoms with van der Waals surface area (Å²) in [5.41, 5.74) is 5.85. The van der Waals surface area contributed by atoms with Crippen LogP contribution in [0.4, 0.5) is 5.69 Å². The van der Waals surface area contributed by atoms with Crippen LogP contribution in [-0.2, 0) is 13.2 Å². The molecule has 7 nitrogen and oxygen atoms in total. The van der Waals surface area contributed by atoms with Gasteiger partial charge in [-0.25, -0.2) is 9.78 Å². The van der Waals surface area contributed by atoms with Crippen LogP contribution in [0.1, 0.15) is 86.0 Å². The van der Waals surface area contributed by atoms with Crippen LogP contribution in [0.5, 0.6) is 5.88 Å². The van der Waals surface area contributed by atoms with Gasteiger partial charge < -0.3 is 19.3 Å². The quantitative estimate of drug-likeness (QED) is 0.170. The lowest BCUT2D eigenvalue weighted by molar-refractivity contribution is 0.0651. The molecule has 39 heavy (non-hydrogen) atoms. The molecule has 0 radical (unpaired) electrons. The Balaban J connectivity index is 1.39. The maximum atomic E-state index is 10.9. The van der Waals surface area contributed by atoms with Crippen LogP contribution in [0.15, 0.2) is 64.5 Å². The normalized spacial score (nSPS) is 11.3. The summed E-state index contributed by atoms with van der Waals surface area (Å²) in [6.07, 6.45) is 4.93. The molecule has 0 fully saturated rings. The van der Waals surface area contributed by atoms with Gasteiger partial charge in [-0.3, -0.25) is 0 Å². The lowest BCUT2D eigenvalue weighted by Gasteiger charge is -2.30. The number of carboxylic acid groups (broad SMARTS) is 1. The number of nitrogens with zero attached hydrogens (tertiary/aromatic N) is 3. The summed E-state index contributed by atoms with van der Waals surface area (Å²) < 4.78 is 10.2. The van der Waals surface area contributed by atoms with E-state index in [-0.39, 0.29) is 18.2 Å². The van der Waals surface area contributed by atoms with E-state index in [9.17, 15) is 4.79 Å². The number of ether oxygens (including phenoxy) is 1. The first kappa shape index (κ1) is 28.4. The number of rotatable bonds is 14. The number of hydrogen-bond acceptors (Lipinski definition) is 7. The molecular formula is C31H37N3O4S. The molecule has 206 valence electrons. The molecule has 2 aromatic heterocycles. The van der Waals surface area contributed by atoms with Crippen molar-refractivity contribution in [2.24, 2.45) is 0 Å². The summed E-state index contributed by atoms with van der Waals surface area (Å²) >= 11 is 1.48. The Hall–Kier alpha value is -3.65. The van der Waals surface area contributed by atoms with Crippen molar-refractivity contribution in [3.8, 4) is 17.1 Å². The molecule has 0 saturated heterocycles. The van der Waals surface area contributed by atoms with Gasteiger partial charge in [0.25, 0.3) is 5.88 Å². The zero-order chi connectivity index (χ0) is 27.8. The Morgan fingerprint density at radius 3 is 2.33 bits per heavy atom. The Kier molecular flexibility index (Phi) is 9.76. The topological polar surface area (TPSA) is 88.7 Å². The van der Waals surface area contributed by atoms with Crippen LogP contribution in [-0.4, -0.2) is 27.3 Å². The Morgan fingerprint density at radius 2 is 1.74 bits per heavy atom. The molecule has 2 aromatic carbocycles. The molecule has 0 aliphatic rings. The molecule has 0 atom stereocenters. The van der Waals surface area contributed by atoms with Gasteiger partial charge in [0, 0.05) is 29.2 Å². The number of benzene rings is 2. The van der Waals surface area contributed by atoms with Gasteiger partial charge in [0.2, 0.25) is 5.76 Å². The number of aromatic carboxylic acids is 1. The maximum absolute atomic E-state index is 10.9. The van der Waals surface area contributed by atoms with Gasteiger partial charge in [0.05, 0.1) is 11.8 Å². The first-order valence-corrected chi connectivity index (χ1v) is 14.5. The van der Waals surface area contributed by atoms with Crippen molar-refractivity contribution in [1.29, 1.82) is 0 Å². The molecule has 4 aromatic rings. The molecule has 8 heteroatoms. The average molecular weight is 548 g/mol. The maximum Gasteiger partial charge on any atom is 0.374 e. The van der Waals surface area contributed by atoms with Crippen molar-refractivity contribution in [2.45, 2.75) is 78.5 Å². The fourth-order valence-electron chi connectivity index (χ4n) is 4.74. The van der Waals surface area contributed by atoms with Gasteiger partial charge in [-0.05, 0) is 61.0 Å². The first-order valence-electron chi connectivity index (χ1n) is 13.6. The number of hydrogen-bond donors (Lipinski definition) is 1. The van der Waals surface area contributed by atoms with E-state index in [0.29, 0.717) is 12.0 Å². The van der Waals surface area contributed by atoms with Crippen LogP contribution in [0.2, 0.25) is 0 Å². The molecule has 0 amide bonds. The van der Waals surface area contributed by atoms with Crippen molar-refractivity contribution in [3.05, 3.63) is 81.9 Å². The number of carbonyl (C=O) groups is 1. The summed E-state index contributed by atoms with van der Waals surface area (Å²) in [6.45, 7) is 10.0. The van der Waals surface area contributed by atoms with Crippen molar-refractivity contribution in [1.82, 2.24) is 10.1 Å². The number of carboxylic acids is 1. The number of aromatic nitrogens is 2. The van der Waals surface area contributed by atoms with E-state index in [4.69, 9.17) is 14.4 Å². The molecular weight excluding hydrogens is 510 g/mol. The van der Waals surface area contributed by atoms with Gasteiger partial charge in [-0.15, -0.1) is 11.3 Å². The smallest absolute Gasteiger partial charge is 0.374 e. The highest BCUT2D eigenvalue weighted by Crippen LogP contribution is 2.30. The average Bonchev–Trinajstić information content (AvgIpc) is 3.61. The van der Waals surface area contributed by atoms with Gasteiger partial charge in [0.15, 0.2) is 0 Å². The van der Waals surface area contributed by atoms with E-state index in [0.717, 1.165) is 22.8 Å². The van der Waals surface area contributed by atoms with Gasteiger partial charge in [-0.2, -0.15) is 0 Å². The van der Waals surface area contributed by atoms with E-state index in [2.05, 4.69) is 91.3 Å². The summed E-state index contributed by atoms with van der Waals surface area (Å²) in [5.74, 6) is -0.668. The second-order valence-corrected chi connectivity index (χ2v) is 11.0.